The molecule has 3 aromatic carbocycles. The first kappa shape index (κ1) is 19.4. The van der Waals surface area contributed by atoms with E-state index < -0.39 is 0 Å². The fourth-order valence-electron chi connectivity index (χ4n) is 3.52. The van der Waals surface area contributed by atoms with Gasteiger partial charge >= 0.3 is 0 Å². The van der Waals surface area contributed by atoms with Gasteiger partial charge in [-0.15, -0.1) is 0 Å². The van der Waals surface area contributed by atoms with E-state index in [0.717, 1.165) is 26.2 Å². The van der Waals surface area contributed by atoms with Gasteiger partial charge in [-0.3, -0.25) is 4.79 Å². The average Bonchev–Trinajstić information content (AvgIpc) is 3.01. The molecule has 0 atom stereocenters. The van der Waals surface area contributed by atoms with Crippen LogP contribution in [0.15, 0.2) is 77.9 Å². The number of halogens is 1. The molecule has 1 aromatic heterocycles. The zero-order chi connectivity index (χ0) is 20.4. The third-order valence-corrected chi connectivity index (χ3v) is 5.67. The van der Waals surface area contributed by atoms with Gasteiger partial charge in [0.15, 0.2) is 0 Å². The number of carbonyl (C=O) groups excluding carboxylic acids is 1. The molecular formula is C24H20IN3O. The van der Waals surface area contributed by atoms with E-state index in [2.05, 4.69) is 100 Å². The highest BCUT2D eigenvalue weighted by Crippen LogP contribution is 2.26. The first-order chi connectivity index (χ1) is 14.0. The number of hydrogen-bond donors (Lipinski definition) is 1. The second-order valence-electron chi connectivity index (χ2n) is 6.87. The molecule has 0 fully saturated rings. The number of amides is 1. The van der Waals surface area contributed by atoms with E-state index in [4.69, 9.17) is 0 Å². The molecule has 0 saturated carbocycles. The fourth-order valence-corrected chi connectivity index (χ4v) is 3.88. The summed E-state index contributed by atoms with van der Waals surface area (Å²) in [5.74, 6) is -0.222. The van der Waals surface area contributed by atoms with Gasteiger partial charge in [-0.25, -0.2) is 5.43 Å². The summed E-state index contributed by atoms with van der Waals surface area (Å²) in [5.41, 5.74) is 7.50. The van der Waals surface area contributed by atoms with Gasteiger partial charge in [0.05, 0.1) is 11.9 Å². The van der Waals surface area contributed by atoms with E-state index in [1.54, 1.807) is 18.3 Å². The number of aromatic nitrogens is 1. The zero-order valence-electron chi connectivity index (χ0n) is 16.2. The molecule has 5 heteroatoms. The molecule has 1 heterocycles. The minimum atomic E-state index is -0.222. The number of hydrogen-bond acceptors (Lipinski definition) is 2. The lowest BCUT2D eigenvalue weighted by molar-refractivity contribution is 0.0955. The summed E-state index contributed by atoms with van der Waals surface area (Å²) in [7, 11) is 0. The topological polar surface area (TPSA) is 46.4 Å². The molecule has 0 aliphatic heterocycles. The smallest absolute Gasteiger partial charge is 0.271 e. The van der Waals surface area contributed by atoms with Gasteiger partial charge in [0, 0.05) is 31.5 Å². The summed E-state index contributed by atoms with van der Waals surface area (Å²) >= 11 is 2.21. The first-order valence-electron chi connectivity index (χ1n) is 9.30. The fraction of sp³-hybridized carbons (Fsp3) is 0.0833. The number of fused-ring (bicyclic) bond motifs is 1. The third kappa shape index (κ3) is 3.96. The van der Waals surface area contributed by atoms with Gasteiger partial charge in [0.1, 0.15) is 0 Å². The van der Waals surface area contributed by atoms with Crippen molar-refractivity contribution in [1.82, 2.24) is 9.99 Å². The number of nitrogens with zero attached hydrogens (tertiary/aromatic N) is 2. The number of aryl methyl sites for hydroxylation is 1. The summed E-state index contributed by atoms with van der Waals surface area (Å²) < 4.78 is 3.31. The highest BCUT2D eigenvalue weighted by molar-refractivity contribution is 14.1. The number of benzene rings is 3. The third-order valence-electron chi connectivity index (χ3n) is 4.95. The molecule has 29 heavy (non-hydrogen) atoms. The standard InChI is InChI=1S/C24H20IN3O/c1-16-14-20(15-26-27-24(29)19-10-12-21(25)13-11-19)17(2)28(16)23-9-5-7-18-6-3-4-8-22(18)23/h3-15H,1-2H3,(H,27,29)/b26-15-. The van der Waals surface area contributed by atoms with Crippen LogP contribution < -0.4 is 5.43 Å². The molecular weight excluding hydrogens is 473 g/mol. The van der Waals surface area contributed by atoms with Crippen LogP contribution in [0.3, 0.4) is 0 Å². The Labute approximate surface area is 183 Å². The van der Waals surface area contributed by atoms with Crippen molar-refractivity contribution in [1.29, 1.82) is 0 Å². The maximum absolute atomic E-state index is 12.2. The molecule has 144 valence electrons. The van der Waals surface area contributed by atoms with Crippen LogP contribution in [-0.2, 0) is 0 Å². The lowest BCUT2D eigenvalue weighted by atomic mass is 10.1. The second-order valence-corrected chi connectivity index (χ2v) is 8.11. The van der Waals surface area contributed by atoms with Crippen molar-refractivity contribution in [3.05, 3.63) is 98.9 Å². The average molecular weight is 493 g/mol. The molecule has 0 radical (unpaired) electrons. The minimum absolute atomic E-state index is 0.222. The van der Waals surface area contributed by atoms with Gasteiger partial charge in [0.2, 0.25) is 0 Å². The molecule has 4 aromatic rings. The van der Waals surface area contributed by atoms with Gasteiger partial charge in [-0.05, 0) is 78.2 Å². The largest absolute Gasteiger partial charge is 0.317 e. The summed E-state index contributed by atoms with van der Waals surface area (Å²) in [6.45, 7) is 4.15. The Morgan fingerprint density at radius 3 is 2.52 bits per heavy atom. The van der Waals surface area contributed by atoms with Crippen molar-refractivity contribution in [2.75, 3.05) is 0 Å². The SMILES string of the molecule is Cc1cc(/C=N\NC(=O)c2ccc(I)cc2)c(C)n1-c1cccc2ccccc12. The van der Waals surface area contributed by atoms with Crippen LogP contribution >= 0.6 is 22.6 Å². The van der Waals surface area contributed by atoms with Crippen LogP contribution in [0, 0.1) is 17.4 Å². The zero-order valence-corrected chi connectivity index (χ0v) is 18.3. The van der Waals surface area contributed by atoms with Crippen LogP contribution in [0.4, 0.5) is 0 Å². The molecule has 0 spiro atoms. The lowest BCUT2D eigenvalue weighted by Crippen LogP contribution is -2.17. The molecule has 0 saturated heterocycles. The van der Waals surface area contributed by atoms with Gasteiger partial charge in [0.25, 0.3) is 5.91 Å². The Morgan fingerprint density at radius 1 is 1.00 bits per heavy atom. The number of carbonyl (C=O) groups is 1. The number of rotatable bonds is 4. The maximum Gasteiger partial charge on any atom is 0.271 e. The molecule has 0 unspecified atom stereocenters. The van der Waals surface area contributed by atoms with Crippen molar-refractivity contribution in [2.45, 2.75) is 13.8 Å². The van der Waals surface area contributed by atoms with Crippen LogP contribution in [0.1, 0.15) is 27.3 Å². The van der Waals surface area contributed by atoms with Crippen molar-refractivity contribution in [3.8, 4) is 5.69 Å². The first-order valence-corrected chi connectivity index (χ1v) is 10.4. The van der Waals surface area contributed by atoms with Crippen LogP contribution in [0.25, 0.3) is 16.5 Å². The Hall–Kier alpha value is -2.93. The second kappa shape index (κ2) is 8.21. The molecule has 0 aliphatic rings. The number of hydrazone groups is 1. The summed E-state index contributed by atoms with van der Waals surface area (Å²) in [6, 6.07) is 24.2. The van der Waals surface area contributed by atoms with Gasteiger partial charge < -0.3 is 4.57 Å². The summed E-state index contributed by atoms with van der Waals surface area (Å²) in [5, 5.41) is 6.58. The van der Waals surface area contributed by atoms with E-state index in [0.29, 0.717) is 5.56 Å². The molecule has 4 rings (SSSR count). The van der Waals surface area contributed by atoms with E-state index in [1.165, 1.54) is 10.8 Å². The lowest BCUT2D eigenvalue weighted by Gasteiger charge is -2.12. The Kier molecular flexibility index (Phi) is 5.49. The predicted octanol–water partition coefficient (Wildman–Crippen LogP) is 5.62. The van der Waals surface area contributed by atoms with E-state index in [1.807, 2.05) is 12.1 Å². The predicted molar refractivity (Wildman–Crippen MR) is 127 cm³/mol. The quantitative estimate of drug-likeness (QED) is 0.224. The Morgan fingerprint density at radius 2 is 1.72 bits per heavy atom. The molecule has 0 aliphatic carbocycles. The van der Waals surface area contributed by atoms with Gasteiger partial charge in [-0.1, -0.05) is 36.4 Å². The monoisotopic (exact) mass is 493 g/mol. The number of nitrogens with one attached hydrogen (secondary N) is 1. The van der Waals surface area contributed by atoms with Crippen LogP contribution in [0.5, 0.6) is 0 Å². The molecule has 1 N–H and O–H groups in total. The van der Waals surface area contributed by atoms with Crippen molar-refractivity contribution in [3.63, 3.8) is 0 Å². The summed E-state index contributed by atoms with van der Waals surface area (Å²) in [4.78, 5) is 12.2. The Bertz CT molecular complexity index is 1220. The normalized spacial score (nSPS) is 11.3. The Balaban J connectivity index is 1.61. The molecule has 1 amide bonds. The molecule has 0 bridgehead atoms. The highest BCUT2D eigenvalue weighted by Gasteiger charge is 2.12. The summed E-state index contributed by atoms with van der Waals surface area (Å²) in [6.07, 6.45) is 1.70. The maximum atomic E-state index is 12.2. The van der Waals surface area contributed by atoms with E-state index in [9.17, 15) is 4.79 Å². The minimum Gasteiger partial charge on any atom is -0.317 e. The highest BCUT2D eigenvalue weighted by atomic mass is 127. The van der Waals surface area contributed by atoms with Gasteiger partial charge in [-0.2, -0.15) is 5.10 Å². The molecule has 4 nitrogen and oxygen atoms in total. The van der Waals surface area contributed by atoms with Crippen molar-refractivity contribution < 1.29 is 4.79 Å². The van der Waals surface area contributed by atoms with Crippen LogP contribution in [-0.4, -0.2) is 16.7 Å². The van der Waals surface area contributed by atoms with Crippen LogP contribution in [0.2, 0.25) is 0 Å². The van der Waals surface area contributed by atoms with Crippen molar-refractivity contribution in [2.24, 2.45) is 5.10 Å². The van der Waals surface area contributed by atoms with E-state index in [-0.39, 0.29) is 5.91 Å². The van der Waals surface area contributed by atoms with E-state index >= 15 is 0 Å². The van der Waals surface area contributed by atoms with Crippen molar-refractivity contribution >= 4 is 45.5 Å².